The van der Waals surface area contributed by atoms with Gasteiger partial charge in [0.2, 0.25) is 5.13 Å². The molecular formula is C24H21F2N7S2. The maximum absolute atomic E-state index is 14.9. The minimum absolute atomic E-state index is 0.0705. The second-order valence-electron chi connectivity index (χ2n) is 7.94. The van der Waals surface area contributed by atoms with Gasteiger partial charge in [0.1, 0.15) is 21.7 Å². The van der Waals surface area contributed by atoms with Gasteiger partial charge in [-0.3, -0.25) is 9.97 Å². The summed E-state index contributed by atoms with van der Waals surface area (Å²) in [7, 11) is 0. The van der Waals surface area contributed by atoms with Crippen molar-refractivity contribution in [2.45, 2.75) is 24.1 Å². The number of hydrazone groups is 1. The van der Waals surface area contributed by atoms with Gasteiger partial charge in [-0.15, -0.1) is 10.2 Å². The van der Waals surface area contributed by atoms with Crippen LogP contribution in [0.3, 0.4) is 0 Å². The Morgan fingerprint density at radius 1 is 1.03 bits per heavy atom. The summed E-state index contributed by atoms with van der Waals surface area (Å²) < 4.78 is 29.0. The zero-order chi connectivity index (χ0) is 24.4. The summed E-state index contributed by atoms with van der Waals surface area (Å²) in [6, 6.07) is 14.6. The number of pyridine rings is 2. The molecule has 4 aromatic rings. The Kier molecular flexibility index (Phi) is 6.54. The number of nitrogens with two attached hydrogens (primary N) is 1. The van der Waals surface area contributed by atoms with Gasteiger partial charge in [-0.05, 0) is 55.8 Å². The van der Waals surface area contributed by atoms with E-state index in [1.165, 1.54) is 23.1 Å². The number of aryl methyl sites for hydroxylation is 1. The molecule has 0 spiro atoms. The molecule has 4 heterocycles. The highest BCUT2D eigenvalue weighted by atomic mass is 32.2. The van der Waals surface area contributed by atoms with Crippen LogP contribution >= 0.6 is 23.1 Å². The molecule has 0 amide bonds. The number of rotatable bonds is 7. The Balaban J connectivity index is 1.69. The predicted molar refractivity (Wildman–Crippen MR) is 134 cm³/mol. The van der Waals surface area contributed by atoms with Crippen LogP contribution in [0.25, 0.3) is 0 Å². The van der Waals surface area contributed by atoms with E-state index in [-0.39, 0.29) is 11.5 Å². The number of anilines is 1. The van der Waals surface area contributed by atoms with Crippen molar-refractivity contribution in [3.63, 3.8) is 0 Å². The van der Waals surface area contributed by atoms with Gasteiger partial charge in [-0.25, -0.2) is 13.8 Å². The van der Waals surface area contributed by atoms with Crippen molar-refractivity contribution in [3.05, 3.63) is 101 Å². The van der Waals surface area contributed by atoms with Gasteiger partial charge in [0.15, 0.2) is 4.87 Å². The van der Waals surface area contributed by atoms with Crippen molar-refractivity contribution >= 4 is 33.3 Å². The first-order chi connectivity index (χ1) is 17.0. The molecule has 7 nitrogen and oxygen atoms in total. The highest BCUT2D eigenvalue weighted by Crippen LogP contribution is 2.53. The molecule has 0 saturated carbocycles. The van der Waals surface area contributed by atoms with Crippen LogP contribution in [0, 0.1) is 18.6 Å². The Morgan fingerprint density at radius 2 is 1.83 bits per heavy atom. The molecule has 0 radical (unpaired) electrons. The number of hydrogen-bond donors (Lipinski definition) is 1. The van der Waals surface area contributed by atoms with Crippen LogP contribution < -0.4 is 10.7 Å². The fraction of sp³-hybridized carbons (Fsp3) is 0.208. The predicted octanol–water partition coefficient (Wildman–Crippen LogP) is 4.82. The Morgan fingerprint density at radius 3 is 2.49 bits per heavy atom. The summed E-state index contributed by atoms with van der Waals surface area (Å²) in [5.41, 5.74) is 7.81. The third-order valence-electron chi connectivity index (χ3n) is 5.63. The summed E-state index contributed by atoms with van der Waals surface area (Å²) in [5, 5.41) is 16.6. The van der Waals surface area contributed by atoms with Crippen molar-refractivity contribution in [1.82, 2.24) is 20.2 Å². The van der Waals surface area contributed by atoms with Gasteiger partial charge < -0.3 is 5.73 Å². The molecule has 3 aromatic heterocycles. The van der Waals surface area contributed by atoms with E-state index >= 15 is 0 Å². The number of aromatic nitrogens is 4. The maximum Gasteiger partial charge on any atom is 0.230 e. The molecule has 0 saturated heterocycles. The normalized spacial score (nSPS) is 18.5. The van der Waals surface area contributed by atoms with Crippen LogP contribution in [-0.2, 0) is 4.87 Å². The lowest BCUT2D eigenvalue weighted by atomic mass is 9.93. The lowest BCUT2D eigenvalue weighted by Gasteiger charge is -2.36. The molecule has 0 aliphatic carbocycles. The van der Waals surface area contributed by atoms with Crippen LogP contribution in [0.5, 0.6) is 0 Å². The summed E-state index contributed by atoms with van der Waals surface area (Å²) in [4.78, 5) is 8.22. The maximum atomic E-state index is 14.9. The van der Waals surface area contributed by atoms with Crippen LogP contribution in [-0.4, -0.2) is 31.8 Å². The first kappa shape index (κ1) is 23.5. The molecule has 0 fully saturated rings. The largest absolute Gasteiger partial charge is 0.330 e. The molecular weight excluding hydrogens is 488 g/mol. The molecule has 5 rings (SSSR count). The lowest BCUT2D eigenvalue weighted by molar-refractivity contribution is 0.466. The van der Waals surface area contributed by atoms with Crippen molar-refractivity contribution < 1.29 is 8.78 Å². The van der Waals surface area contributed by atoms with E-state index in [1.54, 1.807) is 17.4 Å². The van der Waals surface area contributed by atoms with E-state index in [0.29, 0.717) is 28.8 Å². The second-order valence-corrected chi connectivity index (χ2v) is 10.4. The monoisotopic (exact) mass is 509 g/mol. The lowest BCUT2D eigenvalue weighted by Crippen LogP contribution is -2.41. The summed E-state index contributed by atoms with van der Waals surface area (Å²) in [5.74, 6) is -1.29. The van der Waals surface area contributed by atoms with Crippen molar-refractivity contribution in [1.29, 1.82) is 0 Å². The molecule has 2 atom stereocenters. The second kappa shape index (κ2) is 9.76. The van der Waals surface area contributed by atoms with E-state index in [2.05, 4.69) is 20.2 Å². The van der Waals surface area contributed by atoms with E-state index in [4.69, 9.17) is 10.8 Å². The highest BCUT2D eigenvalue weighted by molar-refractivity contribution is 8.15. The van der Waals surface area contributed by atoms with Crippen LogP contribution in [0.2, 0.25) is 0 Å². The number of nitrogens with zero attached hydrogens (tertiary/aromatic N) is 6. The Bertz CT molecular complexity index is 1350. The Labute approximate surface area is 209 Å². The molecule has 1 aromatic carbocycles. The van der Waals surface area contributed by atoms with Gasteiger partial charge >= 0.3 is 0 Å². The smallest absolute Gasteiger partial charge is 0.230 e. The number of thioether (sulfide) groups is 1. The minimum Gasteiger partial charge on any atom is -0.330 e. The van der Waals surface area contributed by atoms with Gasteiger partial charge in [-0.1, -0.05) is 35.2 Å². The molecule has 0 bridgehead atoms. The van der Waals surface area contributed by atoms with Gasteiger partial charge in [0.05, 0.1) is 5.69 Å². The summed E-state index contributed by atoms with van der Waals surface area (Å²) in [6.45, 7) is 2.17. The SMILES string of the molecule is Cc1nnc(N2N=C(c3cc(F)ccc3F)SC2(CC(CN)c2ccccn2)c2ccccn2)s1. The summed E-state index contributed by atoms with van der Waals surface area (Å²) >= 11 is 2.66. The summed E-state index contributed by atoms with van der Waals surface area (Å²) in [6.07, 6.45) is 3.86. The third kappa shape index (κ3) is 4.54. The Hall–Kier alpha value is -3.28. The fourth-order valence-corrected chi connectivity index (χ4v) is 6.18. The molecule has 178 valence electrons. The molecule has 1 aliphatic rings. The molecule has 35 heavy (non-hydrogen) atoms. The van der Waals surface area contributed by atoms with Gasteiger partial charge in [-0.2, -0.15) is 5.10 Å². The van der Waals surface area contributed by atoms with E-state index in [1.807, 2.05) is 43.3 Å². The molecule has 2 unspecified atom stereocenters. The molecule has 1 aliphatic heterocycles. The van der Waals surface area contributed by atoms with E-state index in [9.17, 15) is 8.78 Å². The first-order valence-electron chi connectivity index (χ1n) is 10.9. The fourth-order valence-electron chi connectivity index (χ4n) is 3.98. The first-order valence-corrected chi connectivity index (χ1v) is 12.5. The average molecular weight is 510 g/mol. The number of benzene rings is 1. The topological polar surface area (TPSA) is 93.2 Å². The zero-order valence-corrected chi connectivity index (χ0v) is 20.3. The van der Waals surface area contributed by atoms with Gasteiger partial charge in [0.25, 0.3) is 0 Å². The highest BCUT2D eigenvalue weighted by Gasteiger charge is 2.50. The van der Waals surface area contributed by atoms with Crippen molar-refractivity contribution in [2.75, 3.05) is 11.6 Å². The third-order valence-corrected chi connectivity index (χ3v) is 7.83. The van der Waals surface area contributed by atoms with E-state index in [0.717, 1.165) is 28.9 Å². The van der Waals surface area contributed by atoms with Crippen LogP contribution in [0.4, 0.5) is 13.9 Å². The number of halogens is 2. The van der Waals surface area contributed by atoms with Gasteiger partial charge in [0, 0.05) is 36.1 Å². The number of hydrogen-bond acceptors (Lipinski definition) is 9. The quantitative estimate of drug-likeness (QED) is 0.382. The van der Waals surface area contributed by atoms with Crippen molar-refractivity contribution in [3.8, 4) is 0 Å². The molecule has 11 heteroatoms. The van der Waals surface area contributed by atoms with Crippen molar-refractivity contribution in [2.24, 2.45) is 10.8 Å². The van der Waals surface area contributed by atoms with Crippen LogP contribution in [0.15, 0.2) is 72.1 Å². The standard InChI is InChI=1S/C24H21F2N7S2/c1-15-30-31-23(34-15)33-24(21-7-3-5-11-29-21,13-16(14-27)20-6-2-4-10-28-20)35-22(32-33)18-12-17(25)8-9-19(18)26/h2-12,16H,13-14,27H2,1H3. The minimum atomic E-state index is -0.955. The molecule has 2 N–H and O–H groups in total. The zero-order valence-electron chi connectivity index (χ0n) is 18.7. The average Bonchev–Trinajstić information content (AvgIpc) is 3.49. The van der Waals surface area contributed by atoms with Crippen LogP contribution in [0.1, 0.15) is 34.3 Å². The van der Waals surface area contributed by atoms with E-state index < -0.39 is 16.5 Å².